The maximum absolute atomic E-state index is 5.77. The molecule has 0 amide bonds. The second-order valence-electron chi connectivity index (χ2n) is 4.06. The molecule has 0 radical (unpaired) electrons. The predicted molar refractivity (Wildman–Crippen MR) is 68.5 cm³/mol. The van der Waals surface area contributed by atoms with E-state index in [4.69, 9.17) is 10.5 Å². The van der Waals surface area contributed by atoms with Crippen molar-refractivity contribution in [1.29, 1.82) is 0 Å². The highest BCUT2D eigenvalue weighted by Gasteiger charge is 2.07. The Bertz CT molecular complexity index is 519. The third-order valence-electron chi connectivity index (χ3n) is 2.37. The first-order valence-corrected chi connectivity index (χ1v) is 5.30. The molecule has 0 fully saturated rings. The summed E-state index contributed by atoms with van der Waals surface area (Å²) in [5, 5.41) is 4.14. The lowest BCUT2D eigenvalue weighted by molar-refractivity contribution is 0.456. The fourth-order valence-corrected chi connectivity index (χ4v) is 1.50. The molecule has 1 aromatic heterocycles. The van der Waals surface area contributed by atoms with Crippen LogP contribution >= 0.6 is 0 Å². The maximum Gasteiger partial charge on any atom is 0.261 e. The van der Waals surface area contributed by atoms with Crippen molar-refractivity contribution in [3.8, 4) is 11.6 Å². The molecule has 0 saturated carbocycles. The number of rotatable bonds is 3. The van der Waals surface area contributed by atoms with Crippen LogP contribution in [0.25, 0.3) is 0 Å². The maximum atomic E-state index is 5.77. The largest absolute Gasteiger partial charge is 0.436 e. The number of ether oxygens (including phenoxy) is 1. The molecule has 0 aliphatic carbocycles. The molecule has 90 valence electrons. The number of hydrogen-bond acceptors (Lipinski definition) is 4. The van der Waals surface area contributed by atoms with E-state index in [1.807, 2.05) is 43.3 Å². The second kappa shape index (κ2) is 4.37. The van der Waals surface area contributed by atoms with Gasteiger partial charge in [-0.1, -0.05) is 6.07 Å². The first kappa shape index (κ1) is 11.3. The van der Waals surface area contributed by atoms with Crippen molar-refractivity contribution in [3.05, 3.63) is 30.5 Å². The Labute approximate surface area is 100 Å². The zero-order chi connectivity index (χ0) is 12.4. The van der Waals surface area contributed by atoms with E-state index in [1.54, 1.807) is 17.9 Å². The molecule has 0 aliphatic rings. The zero-order valence-electron chi connectivity index (χ0n) is 10.2. The molecule has 2 rings (SSSR count). The Morgan fingerprint density at radius 2 is 2.12 bits per heavy atom. The Morgan fingerprint density at radius 3 is 2.71 bits per heavy atom. The van der Waals surface area contributed by atoms with Gasteiger partial charge in [-0.3, -0.25) is 4.68 Å². The van der Waals surface area contributed by atoms with Crippen LogP contribution in [0.3, 0.4) is 0 Å². The average Bonchev–Trinajstić information content (AvgIpc) is 2.58. The summed E-state index contributed by atoms with van der Waals surface area (Å²) in [5.41, 5.74) is 7.37. The number of nitrogens with two attached hydrogens (primary N) is 1. The normalized spacial score (nSPS) is 10.3. The van der Waals surface area contributed by atoms with Gasteiger partial charge in [0.2, 0.25) is 0 Å². The van der Waals surface area contributed by atoms with Crippen molar-refractivity contribution in [2.24, 2.45) is 7.05 Å². The third kappa shape index (κ3) is 2.50. The summed E-state index contributed by atoms with van der Waals surface area (Å²) in [6.45, 7) is 0. The fourth-order valence-electron chi connectivity index (χ4n) is 1.50. The quantitative estimate of drug-likeness (QED) is 0.877. The van der Waals surface area contributed by atoms with Crippen molar-refractivity contribution in [2.45, 2.75) is 0 Å². The molecule has 1 heterocycles. The Balaban J connectivity index is 2.24. The summed E-state index contributed by atoms with van der Waals surface area (Å²) in [5.74, 6) is 1.16. The van der Waals surface area contributed by atoms with Crippen molar-refractivity contribution in [2.75, 3.05) is 24.7 Å². The Morgan fingerprint density at radius 1 is 1.35 bits per heavy atom. The number of hydrogen-bond donors (Lipinski definition) is 1. The van der Waals surface area contributed by atoms with E-state index in [9.17, 15) is 0 Å². The van der Waals surface area contributed by atoms with Gasteiger partial charge in [0, 0.05) is 32.9 Å². The summed E-state index contributed by atoms with van der Waals surface area (Å²) in [6.07, 6.45) is 1.71. The van der Waals surface area contributed by atoms with E-state index in [0.717, 1.165) is 11.4 Å². The van der Waals surface area contributed by atoms with E-state index in [1.165, 1.54) is 0 Å². The van der Waals surface area contributed by atoms with Crippen LogP contribution in [0.4, 0.5) is 11.4 Å². The van der Waals surface area contributed by atoms with E-state index in [2.05, 4.69) is 5.10 Å². The summed E-state index contributed by atoms with van der Waals surface area (Å²) in [4.78, 5) is 2.01. The molecule has 0 unspecified atom stereocenters. The topological polar surface area (TPSA) is 56.3 Å². The summed E-state index contributed by atoms with van der Waals surface area (Å²) in [7, 11) is 5.77. The molecular formula is C12H16N4O. The fraction of sp³-hybridized carbons (Fsp3) is 0.250. The molecule has 5 heteroatoms. The van der Waals surface area contributed by atoms with Crippen LogP contribution in [0.15, 0.2) is 30.5 Å². The van der Waals surface area contributed by atoms with Crippen molar-refractivity contribution in [3.63, 3.8) is 0 Å². The van der Waals surface area contributed by atoms with Gasteiger partial charge >= 0.3 is 0 Å². The van der Waals surface area contributed by atoms with Crippen LogP contribution in [-0.2, 0) is 7.05 Å². The summed E-state index contributed by atoms with van der Waals surface area (Å²) < 4.78 is 7.26. The number of aromatic nitrogens is 2. The van der Waals surface area contributed by atoms with E-state index in [-0.39, 0.29) is 0 Å². The molecule has 0 spiro atoms. The molecule has 0 bridgehead atoms. The van der Waals surface area contributed by atoms with Crippen LogP contribution in [-0.4, -0.2) is 23.9 Å². The van der Waals surface area contributed by atoms with Gasteiger partial charge in [0.1, 0.15) is 11.4 Å². The van der Waals surface area contributed by atoms with E-state index >= 15 is 0 Å². The number of nitrogens with zero attached hydrogens (tertiary/aromatic N) is 3. The van der Waals surface area contributed by atoms with Gasteiger partial charge in [-0.25, -0.2) is 0 Å². The highest BCUT2D eigenvalue weighted by Crippen LogP contribution is 2.27. The third-order valence-corrected chi connectivity index (χ3v) is 2.37. The van der Waals surface area contributed by atoms with Gasteiger partial charge in [0.25, 0.3) is 5.88 Å². The molecule has 17 heavy (non-hydrogen) atoms. The molecule has 2 aromatic rings. The molecular weight excluding hydrogens is 216 g/mol. The minimum atomic E-state index is 0.434. The van der Waals surface area contributed by atoms with E-state index in [0.29, 0.717) is 11.6 Å². The molecule has 5 nitrogen and oxygen atoms in total. The van der Waals surface area contributed by atoms with Crippen molar-refractivity contribution in [1.82, 2.24) is 9.78 Å². The SMILES string of the molecule is CN(C)c1cccc(Oc2nn(C)cc2N)c1. The number of benzene rings is 1. The standard InChI is InChI=1S/C12H16N4O/c1-15(2)9-5-4-6-10(7-9)17-12-11(13)8-16(3)14-12/h4-8H,13H2,1-3H3. The number of anilines is 2. The van der Waals surface area contributed by atoms with Crippen LogP contribution in [0.5, 0.6) is 11.6 Å². The predicted octanol–water partition coefficient (Wildman–Crippen LogP) is 1.86. The lowest BCUT2D eigenvalue weighted by Gasteiger charge is -2.13. The summed E-state index contributed by atoms with van der Waals surface area (Å²) in [6, 6.07) is 7.76. The Kier molecular flexibility index (Phi) is 2.91. The molecule has 1 aromatic carbocycles. The van der Waals surface area contributed by atoms with Crippen LogP contribution in [0, 0.1) is 0 Å². The minimum absolute atomic E-state index is 0.434. The van der Waals surface area contributed by atoms with Crippen LogP contribution in [0.2, 0.25) is 0 Å². The number of aryl methyl sites for hydroxylation is 1. The highest BCUT2D eigenvalue weighted by molar-refractivity contribution is 5.52. The molecule has 0 aliphatic heterocycles. The van der Waals surface area contributed by atoms with E-state index < -0.39 is 0 Å². The van der Waals surface area contributed by atoms with Crippen molar-refractivity contribution < 1.29 is 4.74 Å². The smallest absolute Gasteiger partial charge is 0.261 e. The molecule has 2 N–H and O–H groups in total. The van der Waals surface area contributed by atoms with Crippen LogP contribution < -0.4 is 15.4 Å². The van der Waals surface area contributed by atoms with Crippen LogP contribution in [0.1, 0.15) is 0 Å². The minimum Gasteiger partial charge on any atom is -0.436 e. The zero-order valence-corrected chi connectivity index (χ0v) is 10.2. The number of nitrogen functional groups attached to an aromatic ring is 1. The van der Waals surface area contributed by atoms with Gasteiger partial charge in [0.15, 0.2) is 0 Å². The van der Waals surface area contributed by atoms with Gasteiger partial charge in [-0.15, -0.1) is 5.10 Å². The molecule has 0 atom stereocenters. The highest BCUT2D eigenvalue weighted by atomic mass is 16.5. The Hall–Kier alpha value is -2.17. The summed E-state index contributed by atoms with van der Waals surface area (Å²) >= 11 is 0. The lowest BCUT2D eigenvalue weighted by Crippen LogP contribution is -2.08. The first-order chi connectivity index (χ1) is 8.06. The van der Waals surface area contributed by atoms with Crippen molar-refractivity contribution >= 4 is 11.4 Å². The molecule has 0 saturated heterocycles. The second-order valence-corrected chi connectivity index (χ2v) is 4.06. The van der Waals surface area contributed by atoms with Gasteiger partial charge in [-0.2, -0.15) is 0 Å². The van der Waals surface area contributed by atoms with Gasteiger partial charge < -0.3 is 15.4 Å². The van der Waals surface area contributed by atoms with Gasteiger partial charge in [0.05, 0.1) is 6.20 Å². The van der Waals surface area contributed by atoms with Gasteiger partial charge in [-0.05, 0) is 12.1 Å². The average molecular weight is 232 g/mol. The lowest BCUT2D eigenvalue weighted by atomic mass is 10.3. The first-order valence-electron chi connectivity index (χ1n) is 5.30. The monoisotopic (exact) mass is 232 g/mol.